The van der Waals surface area contributed by atoms with E-state index >= 15 is 0 Å². The minimum atomic E-state index is -0.443. The Labute approximate surface area is 104 Å². The van der Waals surface area contributed by atoms with Crippen molar-refractivity contribution in [3.05, 3.63) is 20.8 Å². The van der Waals surface area contributed by atoms with Crippen molar-refractivity contribution in [3.8, 4) is 0 Å². The van der Waals surface area contributed by atoms with Crippen LogP contribution in [-0.2, 0) is 18.8 Å². The van der Waals surface area contributed by atoms with Gasteiger partial charge in [0.1, 0.15) is 0 Å². The molecule has 0 aromatic carbocycles. The highest BCUT2D eigenvalue weighted by atomic mass is 16.5. The van der Waals surface area contributed by atoms with Crippen molar-refractivity contribution in [1.82, 2.24) is 19.7 Å². The molecule has 1 unspecified atom stereocenters. The van der Waals surface area contributed by atoms with Crippen molar-refractivity contribution in [2.75, 3.05) is 31.6 Å². The van der Waals surface area contributed by atoms with Gasteiger partial charge in [-0.25, -0.2) is 9.48 Å². The summed E-state index contributed by atoms with van der Waals surface area (Å²) in [5, 5.41) is 10.0. The van der Waals surface area contributed by atoms with Crippen LogP contribution in [0.25, 0.3) is 0 Å². The molecular weight excluding hydrogens is 238 g/mol. The summed E-state index contributed by atoms with van der Waals surface area (Å²) >= 11 is 0. The van der Waals surface area contributed by atoms with Crippen LogP contribution in [0.5, 0.6) is 0 Å². The van der Waals surface area contributed by atoms with Crippen molar-refractivity contribution in [2.24, 2.45) is 14.1 Å². The third-order valence-electron chi connectivity index (χ3n) is 2.82. The summed E-state index contributed by atoms with van der Waals surface area (Å²) in [5.74, 6) is 0.161. The fourth-order valence-corrected chi connectivity index (χ4v) is 1.77. The molecule has 2 N–H and O–H groups in total. The van der Waals surface area contributed by atoms with E-state index in [1.807, 2.05) is 0 Å². The van der Waals surface area contributed by atoms with Gasteiger partial charge in [-0.3, -0.25) is 9.36 Å². The lowest BCUT2D eigenvalue weighted by atomic mass is 10.3. The normalized spacial score (nSPS) is 19.8. The number of hydrogen-bond acceptors (Lipinski definition) is 6. The number of anilines is 1. The highest BCUT2D eigenvalue weighted by molar-refractivity contribution is 5.29. The largest absolute Gasteiger partial charge is 0.374 e. The second kappa shape index (κ2) is 5.32. The molecule has 1 aromatic heterocycles. The molecule has 2 heterocycles. The Bertz CT molecular complexity index is 529. The van der Waals surface area contributed by atoms with E-state index in [0.717, 1.165) is 22.3 Å². The average Bonchev–Trinajstić information content (AvgIpc) is 2.40. The maximum Gasteiger partial charge on any atom is 0.346 e. The fraction of sp³-hybridized carbons (Fsp3) is 0.700. The summed E-state index contributed by atoms with van der Waals surface area (Å²) in [6, 6.07) is 0. The molecule has 0 radical (unpaired) electrons. The zero-order valence-electron chi connectivity index (χ0n) is 10.5. The van der Waals surface area contributed by atoms with E-state index in [1.165, 1.54) is 14.1 Å². The zero-order chi connectivity index (χ0) is 13.1. The standard InChI is InChI=1S/C10H17N5O3/c1-14-9(16)8(13-15(2)10(14)17)12-6-7-5-11-3-4-18-7/h7,11H,3-6H2,1-2H3,(H,12,13). The van der Waals surface area contributed by atoms with Gasteiger partial charge in [-0.1, -0.05) is 0 Å². The Balaban J connectivity index is 2.10. The second-order valence-corrected chi connectivity index (χ2v) is 4.20. The van der Waals surface area contributed by atoms with E-state index in [2.05, 4.69) is 15.7 Å². The Hall–Kier alpha value is -1.67. The molecule has 0 amide bonds. The van der Waals surface area contributed by atoms with Gasteiger partial charge < -0.3 is 15.4 Å². The highest BCUT2D eigenvalue weighted by Gasteiger charge is 2.15. The van der Waals surface area contributed by atoms with E-state index in [4.69, 9.17) is 4.74 Å². The number of rotatable bonds is 3. The summed E-state index contributed by atoms with van der Waals surface area (Å²) in [5.41, 5.74) is -0.872. The van der Waals surface area contributed by atoms with Gasteiger partial charge in [0.2, 0.25) is 5.82 Å². The molecule has 100 valence electrons. The smallest absolute Gasteiger partial charge is 0.346 e. The van der Waals surface area contributed by atoms with Gasteiger partial charge in [0.05, 0.1) is 12.7 Å². The maximum absolute atomic E-state index is 11.8. The molecule has 1 atom stereocenters. The van der Waals surface area contributed by atoms with Crippen molar-refractivity contribution in [1.29, 1.82) is 0 Å². The molecule has 1 aliphatic heterocycles. The maximum atomic E-state index is 11.8. The molecule has 18 heavy (non-hydrogen) atoms. The van der Waals surface area contributed by atoms with E-state index < -0.39 is 11.2 Å². The SMILES string of the molecule is Cn1nc(NCC2CNCCO2)c(=O)n(C)c1=O. The summed E-state index contributed by atoms with van der Waals surface area (Å²) in [7, 11) is 2.93. The predicted octanol–water partition coefficient (Wildman–Crippen LogP) is -2.12. The number of aromatic nitrogens is 3. The minimum Gasteiger partial charge on any atom is -0.374 e. The van der Waals surface area contributed by atoms with E-state index in [-0.39, 0.29) is 11.9 Å². The minimum absolute atomic E-state index is 0.00231. The van der Waals surface area contributed by atoms with Crippen LogP contribution in [0.15, 0.2) is 9.59 Å². The van der Waals surface area contributed by atoms with Crippen LogP contribution in [-0.4, -0.2) is 46.7 Å². The lowest BCUT2D eigenvalue weighted by molar-refractivity contribution is 0.0371. The third-order valence-corrected chi connectivity index (χ3v) is 2.82. The lowest BCUT2D eigenvalue weighted by Crippen LogP contribution is -2.44. The average molecular weight is 255 g/mol. The molecule has 1 aromatic rings. The highest BCUT2D eigenvalue weighted by Crippen LogP contribution is 1.97. The van der Waals surface area contributed by atoms with Crippen LogP contribution in [0.2, 0.25) is 0 Å². The molecule has 0 saturated carbocycles. The summed E-state index contributed by atoms with van der Waals surface area (Å²) in [4.78, 5) is 23.2. The van der Waals surface area contributed by atoms with E-state index in [0.29, 0.717) is 13.2 Å². The molecular formula is C10H17N5O3. The van der Waals surface area contributed by atoms with Crippen LogP contribution >= 0.6 is 0 Å². The van der Waals surface area contributed by atoms with Crippen molar-refractivity contribution in [2.45, 2.75) is 6.10 Å². The molecule has 0 aliphatic carbocycles. The number of ether oxygens (including phenoxy) is 1. The van der Waals surface area contributed by atoms with Crippen LogP contribution in [0.4, 0.5) is 5.82 Å². The van der Waals surface area contributed by atoms with Crippen LogP contribution in [0, 0.1) is 0 Å². The Morgan fingerprint density at radius 3 is 2.94 bits per heavy atom. The van der Waals surface area contributed by atoms with E-state index in [9.17, 15) is 9.59 Å². The third kappa shape index (κ3) is 2.59. The second-order valence-electron chi connectivity index (χ2n) is 4.20. The fourth-order valence-electron chi connectivity index (χ4n) is 1.77. The van der Waals surface area contributed by atoms with Gasteiger partial charge >= 0.3 is 5.69 Å². The van der Waals surface area contributed by atoms with Gasteiger partial charge in [-0.2, -0.15) is 0 Å². The van der Waals surface area contributed by atoms with Crippen LogP contribution in [0.3, 0.4) is 0 Å². The topological polar surface area (TPSA) is 90.2 Å². The first kappa shape index (κ1) is 12.8. The van der Waals surface area contributed by atoms with Gasteiger partial charge in [-0.15, -0.1) is 5.10 Å². The van der Waals surface area contributed by atoms with Gasteiger partial charge in [0.25, 0.3) is 5.56 Å². The van der Waals surface area contributed by atoms with Crippen molar-refractivity contribution < 1.29 is 4.74 Å². The summed E-state index contributed by atoms with van der Waals surface area (Å²) in [6.45, 7) is 2.72. The number of hydrogen-bond donors (Lipinski definition) is 2. The quantitative estimate of drug-likeness (QED) is 0.642. The van der Waals surface area contributed by atoms with Crippen LogP contribution < -0.4 is 21.9 Å². The molecule has 8 heteroatoms. The number of nitrogens with one attached hydrogen (secondary N) is 2. The first-order chi connectivity index (χ1) is 8.59. The van der Waals surface area contributed by atoms with Crippen molar-refractivity contribution >= 4 is 5.82 Å². The van der Waals surface area contributed by atoms with Gasteiger partial charge in [0, 0.05) is 33.7 Å². The summed E-state index contributed by atoms with van der Waals surface area (Å²) in [6.07, 6.45) is 0.00231. The Morgan fingerprint density at radius 2 is 2.28 bits per heavy atom. The molecule has 0 spiro atoms. The first-order valence-corrected chi connectivity index (χ1v) is 5.80. The zero-order valence-corrected chi connectivity index (χ0v) is 10.5. The molecule has 0 bridgehead atoms. The first-order valence-electron chi connectivity index (χ1n) is 5.80. The Morgan fingerprint density at radius 1 is 1.50 bits per heavy atom. The molecule has 1 aliphatic rings. The molecule has 8 nitrogen and oxygen atoms in total. The molecule has 2 rings (SSSR count). The monoisotopic (exact) mass is 255 g/mol. The van der Waals surface area contributed by atoms with E-state index in [1.54, 1.807) is 0 Å². The molecule has 1 saturated heterocycles. The number of nitrogens with zero attached hydrogens (tertiary/aromatic N) is 3. The van der Waals surface area contributed by atoms with Gasteiger partial charge in [-0.05, 0) is 0 Å². The summed E-state index contributed by atoms with van der Waals surface area (Å²) < 4.78 is 7.65. The lowest BCUT2D eigenvalue weighted by Gasteiger charge is -2.23. The number of morpholine rings is 1. The predicted molar refractivity (Wildman–Crippen MR) is 65.8 cm³/mol. The number of aryl methyl sites for hydroxylation is 1. The van der Waals surface area contributed by atoms with Gasteiger partial charge in [0.15, 0.2) is 0 Å². The molecule has 1 fully saturated rings. The van der Waals surface area contributed by atoms with Crippen LogP contribution in [0.1, 0.15) is 0 Å². The van der Waals surface area contributed by atoms with Crippen molar-refractivity contribution in [3.63, 3.8) is 0 Å². The Kier molecular flexibility index (Phi) is 3.78.